The van der Waals surface area contributed by atoms with Crippen molar-refractivity contribution in [1.82, 2.24) is 15.0 Å². The molecule has 0 saturated carbocycles. The topological polar surface area (TPSA) is 114 Å². The molecule has 0 fully saturated rings. The molecule has 7 heteroatoms. The molecule has 2 aromatic rings. The van der Waals surface area contributed by atoms with Crippen LogP contribution in [-0.4, -0.2) is 27.9 Å². The van der Waals surface area contributed by atoms with Crippen molar-refractivity contribution < 1.29 is 4.79 Å². The first-order valence-electron chi connectivity index (χ1n) is 4.49. The minimum Gasteiger partial charge on any atom is -0.365 e. The van der Waals surface area contributed by atoms with Crippen LogP contribution < -0.4 is 16.5 Å². The van der Waals surface area contributed by atoms with Crippen LogP contribution in [0.15, 0.2) is 17.2 Å². The Morgan fingerprint density at radius 3 is 2.94 bits per heavy atom. The first-order valence-corrected chi connectivity index (χ1v) is 4.49. The van der Waals surface area contributed by atoms with Gasteiger partial charge in [0.1, 0.15) is 11.2 Å². The fraction of sp³-hybridized carbons (Fsp3) is 0.111. The number of hydrogen-bond donors (Lipinski definition) is 3. The lowest BCUT2D eigenvalue weighted by Gasteiger charge is -2.01. The molecule has 0 bridgehead atoms. The smallest absolute Gasteiger partial charge is 0.254 e. The van der Waals surface area contributed by atoms with Gasteiger partial charge in [-0.3, -0.25) is 9.59 Å². The maximum Gasteiger partial charge on any atom is 0.254 e. The van der Waals surface area contributed by atoms with Gasteiger partial charge in [-0.25, -0.2) is 4.98 Å². The maximum atomic E-state index is 11.7. The van der Waals surface area contributed by atoms with Crippen LogP contribution in [0.25, 0.3) is 11.0 Å². The van der Waals surface area contributed by atoms with E-state index in [9.17, 15) is 9.59 Å². The number of hydrogen-bond acceptors (Lipinski definition) is 5. The van der Waals surface area contributed by atoms with Gasteiger partial charge in [0, 0.05) is 19.4 Å². The Kier molecular flexibility index (Phi) is 2.28. The summed E-state index contributed by atoms with van der Waals surface area (Å²) in [4.78, 5) is 33.3. The summed E-state index contributed by atoms with van der Waals surface area (Å²) in [5.74, 6) is -0.393. The third-order valence-corrected chi connectivity index (χ3v) is 2.12. The molecule has 16 heavy (non-hydrogen) atoms. The van der Waals surface area contributed by atoms with Crippen LogP contribution in [0, 0.1) is 0 Å². The van der Waals surface area contributed by atoms with E-state index >= 15 is 0 Å². The molecule has 0 radical (unpaired) electrons. The number of carbonyl (C=O) groups excluding carboxylic acids is 1. The third kappa shape index (κ3) is 1.48. The second kappa shape index (κ2) is 3.61. The van der Waals surface area contributed by atoms with Crippen molar-refractivity contribution in [2.24, 2.45) is 5.73 Å². The number of rotatable bonds is 2. The van der Waals surface area contributed by atoms with Gasteiger partial charge in [0.25, 0.3) is 5.91 Å². The number of pyridine rings is 1. The standard InChI is InChI=1S/C9H9N5O2/c1-11-9-13-3-5-6(15)4(7(10)16)2-12-8(5)14-9/h2-3H,1H3,(H2,10,16)(H2,11,12,13,14,15). The molecule has 4 N–H and O–H groups in total. The maximum absolute atomic E-state index is 11.7. The normalized spacial score (nSPS) is 10.3. The summed E-state index contributed by atoms with van der Waals surface area (Å²) in [6.45, 7) is 0. The number of nitrogens with zero attached hydrogens (tertiary/aromatic N) is 2. The summed E-state index contributed by atoms with van der Waals surface area (Å²) in [6, 6.07) is 0. The zero-order chi connectivity index (χ0) is 11.7. The summed E-state index contributed by atoms with van der Waals surface area (Å²) in [5.41, 5.74) is 4.83. The van der Waals surface area contributed by atoms with Gasteiger partial charge in [-0.1, -0.05) is 0 Å². The summed E-state index contributed by atoms with van der Waals surface area (Å²) in [6.07, 6.45) is 2.60. The van der Waals surface area contributed by atoms with Crippen LogP contribution in [0.3, 0.4) is 0 Å². The predicted octanol–water partition coefficient (Wildman–Crippen LogP) is -0.541. The zero-order valence-electron chi connectivity index (χ0n) is 8.44. The van der Waals surface area contributed by atoms with Gasteiger partial charge in [0.15, 0.2) is 0 Å². The van der Waals surface area contributed by atoms with Crippen LogP contribution in [0.2, 0.25) is 0 Å². The number of H-pyrrole nitrogens is 1. The highest BCUT2D eigenvalue weighted by atomic mass is 16.2. The Morgan fingerprint density at radius 1 is 1.56 bits per heavy atom. The Bertz CT molecular complexity index is 619. The third-order valence-electron chi connectivity index (χ3n) is 2.12. The van der Waals surface area contributed by atoms with E-state index in [0.717, 1.165) is 0 Å². The highest BCUT2D eigenvalue weighted by Gasteiger charge is 2.10. The first-order chi connectivity index (χ1) is 7.63. The quantitative estimate of drug-likeness (QED) is 0.627. The van der Waals surface area contributed by atoms with E-state index < -0.39 is 11.3 Å². The van der Waals surface area contributed by atoms with Crippen LogP contribution in [0.1, 0.15) is 10.4 Å². The number of anilines is 1. The number of aromatic nitrogens is 3. The van der Waals surface area contributed by atoms with Gasteiger partial charge in [-0.2, -0.15) is 4.98 Å². The van der Waals surface area contributed by atoms with E-state index in [-0.39, 0.29) is 10.9 Å². The Balaban J connectivity index is 2.77. The number of carbonyl (C=O) groups is 1. The van der Waals surface area contributed by atoms with Crippen molar-refractivity contribution in [3.8, 4) is 0 Å². The van der Waals surface area contributed by atoms with Gasteiger partial charge in [0.05, 0.1) is 5.39 Å². The SMILES string of the molecule is CNc1ncc2c(=O)c(C(N)=O)c[nH]c2n1. The fourth-order valence-electron chi connectivity index (χ4n) is 1.31. The van der Waals surface area contributed by atoms with Gasteiger partial charge in [0.2, 0.25) is 11.4 Å². The molecule has 1 amide bonds. The van der Waals surface area contributed by atoms with Crippen LogP contribution in [0.5, 0.6) is 0 Å². The summed E-state index contributed by atoms with van der Waals surface area (Å²) >= 11 is 0. The molecule has 2 aromatic heterocycles. The minimum atomic E-state index is -0.777. The van der Waals surface area contributed by atoms with E-state index in [4.69, 9.17) is 5.73 Å². The highest BCUT2D eigenvalue weighted by molar-refractivity contribution is 5.95. The monoisotopic (exact) mass is 219 g/mol. The molecule has 2 rings (SSSR count). The van der Waals surface area contributed by atoms with Crippen LogP contribution in [-0.2, 0) is 0 Å². The van der Waals surface area contributed by atoms with E-state index in [2.05, 4.69) is 20.3 Å². The lowest BCUT2D eigenvalue weighted by atomic mass is 10.2. The van der Waals surface area contributed by atoms with E-state index in [1.54, 1.807) is 7.05 Å². The Morgan fingerprint density at radius 2 is 2.31 bits per heavy atom. The Hall–Kier alpha value is -2.44. The van der Waals surface area contributed by atoms with Gasteiger partial charge in [-0.15, -0.1) is 0 Å². The minimum absolute atomic E-state index is 0.103. The Labute approximate surface area is 89.7 Å². The molecule has 0 unspecified atom stereocenters. The second-order valence-electron chi connectivity index (χ2n) is 3.10. The summed E-state index contributed by atoms with van der Waals surface area (Å²) < 4.78 is 0. The molecule has 2 heterocycles. The van der Waals surface area contributed by atoms with Gasteiger partial charge >= 0.3 is 0 Å². The number of fused-ring (bicyclic) bond motifs is 1. The molecule has 0 aliphatic rings. The van der Waals surface area contributed by atoms with Crippen molar-refractivity contribution in [3.63, 3.8) is 0 Å². The fourth-order valence-corrected chi connectivity index (χ4v) is 1.31. The highest BCUT2D eigenvalue weighted by Crippen LogP contribution is 2.06. The molecular weight excluding hydrogens is 210 g/mol. The lowest BCUT2D eigenvalue weighted by molar-refractivity contribution is 0.0999. The molecule has 0 aliphatic carbocycles. The molecule has 7 nitrogen and oxygen atoms in total. The molecule has 0 spiro atoms. The van der Waals surface area contributed by atoms with E-state index in [1.807, 2.05) is 0 Å². The van der Waals surface area contributed by atoms with Gasteiger partial charge in [-0.05, 0) is 0 Å². The van der Waals surface area contributed by atoms with Crippen LogP contribution in [0.4, 0.5) is 5.95 Å². The first kappa shape index (κ1) is 10.1. The number of aromatic amines is 1. The molecule has 0 aliphatic heterocycles. The molecule has 0 aromatic carbocycles. The average molecular weight is 219 g/mol. The second-order valence-corrected chi connectivity index (χ2v) is 3.10. The average Bonchev–Trinajstić information content (AvgIpc) is 2.28. The van der Waals surface area contributed by atoms with Crippen molar-refractivity contribution in [2.45, 2.75) is 0 Å². The number of amides is 1. The lowest BCUT2D eigenvalue weighted by Crippen LogP contribution is -2.22. The van der Waals surface area contributed by atoms with Crippen molar-refractivity contribution in [3.05, 3.63) is 28.2 Å². The van der Waals surface area contributed by atoms with Gasteiger partial charge < -0.3 is 16.0 Å². The summed E-state index contributed by atoms with van der Waals surface area (Å²) in [7, 11) is 1.66. The largest absolute Gasteiger partial charge is 0.365 e. The molecular formula is C9H9N5O2. The van der Waals surface area contributed by atoms with Crippen molar-refractivity contribution >= 4 is 22.9 Å². The van der Waals surface area contributed by atoms with Crippen molar-refractivity contribution in [1.29, 1.82) is 0 Å². The molecule has 0 saturated heterocycles. The zero-order valence-corrected chi connectivity index (χ0v) is 8.44. The van der Waals surface area contributed by atoms with Crippen LogP contribution >= 0.6 is 0 Å². The number of nitrogens with two attached hydrogens (primary N) is 1. The molecule has 0 atom stereocenters. The number of nitrogens with one attached hydrogen (secondary N) is 2. The van der Waals surface area contributed by atoms with E-state index in [0.29, 0.717) is 11.6 Å². The summed E-state index contributed by atoms with van der Waals surface area (Å²) in [5, 5.41) is 2.97. The number of primary amides is 1. The predicted molar refractivity (Wildman–Crippen MR) is 58.2 cm³/mol. The molecule has 82 valence electrons. The van der Waals surface area contributed by atoms with E-state index in [1.165, 1.54) is 12.4 Å². The van der Waals surface area contributed by atoms with Crippen molar-refractivity contribution in [2.75, 3.05) is 12.4 Å².